The first kappa shape index (κ1) is 27.9. The maximum absolute atomic E-state index is 13.8. The van der Waals surface area contributed by atoms with Crippen molar-refractivity contribution in [1.29, 1.82) is 0 Å². The Morgan fingerprint density at radius 2 is 1.79 bits per heavy atom. The summed E-state index contributed by atoms with van der Waals surface area (Å²) in [5, 5.41) is 16.9. The number of nitrogens with one attached hydrogen (secondary N) is 3. The molecule has 4 rings (SSSR count). The van der Waals surface area contributed by atoms with Crippen molar-refractivity contribution in [1.82, 2.24) is 30.7 Å². The second-order valence-corrected chi connectivity index (χ2v) is 11.4. The van der Waals surface area contributed by atoms with Gasteiger partial charge in [-0.25, -0.2) is 9.59 Å². The number of imide groups is 1. The summed E-state index contributed by atoms with van der Waals surface area (Å²) in [4.78, 5) is 91.3. The first-order valence-corrected chi connectivity index (χ1v) is 13.0. The molecule has 14 nitrogen and oxygen atoms in total. The van der Waals surface area contributed by atoms with Crippen LogP contribution in [0.3, 0.4) is 0 Å². The molecule has 1 aromatic carbocycles. The molecule has 7 amide bonds. The molecule has 4 atom stereocenters. The summed E-state index contributed by atoms with van der Waals surface area (Å²) >= 11 is 1.10. The first-order chi connectivity index (χ1) is 18.4. The SMILES string of the molecule is CCN1CCN(C(=O)NC(C(=O)N[C@@]2(C(=O)O)N3C(=O)[C@@H](NC=O)[C@H]3SC2(C)C)c2ccccc2)C(=O)C1=O. The van der Waals surface area contributed by atoms with Gasteiger partial charge in [-0.15, -0.1) is 11.8 Å². The fraction of sp³-hybridized carbons (Fsp3) is 0.458. The summed E-state index contributed by atoms with van der Waals surface area (Å²) in [7, 11) is 0. The number of carbonyl (C=O) groups excluding carboxylic acids is 6. The third-order valence-electron chi connectivity index (χ3n) is 7.15. The molecule has 0 aliphatic carbocycles. The number of carboxylic acid groups (broad SMARTS) is 1. The average molecular weight is 561 g/mol. The Kier molecular flexibility index (Phi) is 7.29. The Bertz CT molecular complexity index is 1240. The van der Waals surface area contributed by atoms with E-state index in [2.05, 4.69) is 16.0 Å². The molecule has 3 saturated heterocycles. The average Bonchev–Trinajstić information content (AvgIpc) is 3.11. The molecule has 3 heterocycles. The van der Waals surface area contributed by atoms with Crippen LogP contribution in [0.2, 0.25) is 0 Å². The maximum Gasteiger partial charge on any atom is 0.352 e. The summed E-state index contributed by atoms with van der Waals surface area (Å²) < 4.78 is -1.27. The molecule has 4 N–H and O–H groups in total. The van der Waals surface area contributed by atoms with Crippen LogP contribution in [0.1, 0.15) is 32.4 Å². The van der Waals surface area contributed by atoms with Crippen molar-refractivity contribution >= 4 is 53.8 Å². The molecule has 0 saturated carbocycles. The van der Waals surface area contributed by atoms with Gasteiger partial charge in [0, 0.05) is 19.6 Å². The molecule has 0 spiro atoms. The van der Waals surface area contributed by atoms with Gasteiger partial charge in [0.2, 0.25) is 18.0 Å². The molecule has 0 aromatic heterocycles. The van der Waals surface area contributed by atoms with Crippen molar-refractivity contribution in [2.75, 3.05) is 19.6 Å². The molecular formula is C24H28N6O8S. The van der Waals surface area contributed by atoms with Gasteiger partial charge >= 0.3 is 23.8 Å². The van der Waals surface area contributed by atoms with Gasteiger partial charge in [0.15, 0.2) is 0 Å². The number of β-lactam (4-membered cyclic amide) rings is 1. The van der Waals surface area contributed by atoms with Crippen LogP contribution in [0.15, 0.2) is 30.3 Å². The third kappa shape index (κ3) is 4.35. The zero-order valence-corrected chi connectivity index (χ0v) is 22.2. The van der Waals surface area contributed by atoms with Crippen molar-refractivity contribution in [3.63, 3.8) is 0 Å². The third-order valence-corrected chi connectivity index (χ3v) is 8.76. The number of rotatable bonds is 8. The van der Waals surface area contributed by atoms with Crippen LogP contribution in [0.5, 0.6) is 0 Å². The van der Waals surface area contributed by atoms with E-state index in [1.807, 2.05) is 0 Å². The molecule has 0 bridgehead atoms. The van der Waals surface area contributed by atoms with Crippen LogP contribution in [0, 0.1) is 0 Å². The normalized spacial score (nSPS) is 26.3. The van der Waals surface area contributed by atoms with E-state index in [1.54, 1.807) is 39.0 Å². The molecule has 3 aliphatic heterocycles. The van der Waals surface area contributed by atoms with E-state index >= 15 is 0 Å². The topological polar surface area (TPSA) is 186 Å². The van der Waals surface area contributed by atoms with E-state index < -0.39 is 63.5 Å². The lowest BCUT2D eigenvalue weighted by Crippen LogP contribution is -2.80. The summed E-state index contributed by atoms with van der Waals surface area (Å²) in [6.07, 6.45) is 0.347. The van der Waals surface area contributed by atoms with E-state index in [9.17, 15) is 38.7 Å². The van der Waals surface area contributed by atoms with Crippen molar-refractivity contribution < 1.29 is 38.7 Å². The zero-order chi connectivity index (χ0) is 28.7. The highest BCUT2D eigenvalue weighted by atomic mass is 32.2. The monoisotopic (exact) mass is 560 g/mol. The Morgan fingerprint density at radius 1 is 1.13 bits per heavy atom. The fourth-order valence-corrected chi connectivity index (χ4v) is 6.75. The number of urea groups is 1. The van der Waals surface area contributed by atoms with Crippen molar-refractivity contribution in [2.24, 2.45) is 0 Å². The second kappa shape index (κ2) is 10.2. The summed E-state index contributed by atoms with van der Waals surface area (Å²) in [5.74, 6) is -5.06. The lowest BCUT2D eigenvalue weighted by molar-refractivity contribution is -0.176. The van der Waals surface area contributed by atoms with Crippen LogP contribution in [0.25, 0.3) is 0 Å². The summed E-state index contributed by atoms with van der Waals surface area (Å²) in [6, 6.07) is 4.47. The quantitative estimate of drug-likeness (QED) is 0.173. The molecule has 39 heavy (non-hydrogen) atoms. The number of likely N-dealkylation sites (N-methyl/N-ethyl adjacent to an activating group) is 1. The number of carboxylic acids is 1. The van der Waals surface area contributed by atoms with Gasteiger partial charge in [0.05, 0.1) is 4.75 Å². The van der Waals surface area contributed by atoms with Crippen LogP contribution in [0.4, 0.5) is 4.79 Å². The van der Waals surface area contributed by atoms with E-state index in [-0.39, 0.29) is 18.7 Å². The van der Waals surface area contributed by atoms with Crippen LogP contribution < -0.4 is 16.0 Å². The Balaban J connectivity index is 1.64. The van der Waals surface area contributed by atoms with Crippen molar-refractivity contribution in [3.8, 4) is 0 Å². The zero-order valence-electron chi connectivity index (χ0n) is 21.4. The number of amides is 7. The number of thioether (sulfide) groups is 1. The van der Waals surface area contributed by atoms with Crippen molar-refractivity contribution in [3.05, 3.63) is 35.9 Å². The number of nitrogens with zero attached hydrogens (tertiary/aromatic N) is 3. The predicted molar refractivity (Wildman–Crippen MR) is 135 cm³/mol. The summed E-state index contributed by atoms with van der Waals surface area (Å²) in [6.45, 7) is 5.11. The minimum absolute atomic E-state index is 0.0921. The number of hydrogen-bond donors (Lipinski definition) is 4. The molecule has 3 fully saturated rings. The number of hydrogen-bond acceptors (Lipinski definition) is 8. The van der Waals surface area contributed by atoms with Crippen molar-refractivity contribution in [2.45, 2.75) is 48.6 Å². The number of carbonyl (C=O) groups is 7. The fourth-order valence-electron chi connectivity index (χ4n) is 5.04. The Labute approximate surface area is 227 Å². The molecule has 0 radical (unpaired) electrons. The standard InChI is InChI=1S/C24H28N6O8S/c1-4-28-10-11-29(19(35)18(28)34)22(38)26-14(13-8-6-5-7-9-13)16(32)27-24(21(36)37)23(2,3)39-20-15(25-12-31)17(33)30(20)24/h5-9,12,14-15,20H,4,10-11H2,1-3H3,(H,25,31)(H,26,38)(H,27,32)(H,36,37)/t14?,15-,20-,24+/m1/s1. The smallest absolute Gasteiger partial charge is 0.352 e. The lowest BCUT2D eigenvalue weighted by Gasteiger charge is -2.49. The first-order valence-electron chi connectivity index (χ1n) is 12.1. The van der Waals surface area contributed by atoms with Gasteiger partial charge in [0.25, 0.3) is 5.91 Å². The van der Waals surface area contributed by atoms with Crippen LogP contribution >= 0.6 is 11.8 Å². The van der Waals surface area contributed by atoms with Crippen LogP contribution in [-0.4, -0.2) is 103 Å². The molecule has 15 heteroatoms. The largest absolute Gasteiger partial charge is 0.478 e. The maximum atomic E-state index is 13.8. The molecule has 1 unspecified atom stereocenters. The van der Waals surface area contributed by atoms with Gasteiger partial charge < -0.3 is 26.0 Å². The summed E-state index contributed by atoms with van der Waals surface area (Å²) in [5.41, 5.74) is -1.96. The van der Waals surface area contributed by atoms with Gasteiger partial charge in [-0.05, 0) is 26.3 Å². The van der Waals surface area contributed by atoms with E-state index in [1.165, 1.54) is 17.0 Å². The highest BCUT2D eigenvalue weighted by Crippen LogP contribution is 2.55. The van der Waals surface area contributed by atoms with Gasteiger partial charge in [-0.1, -0.05) is 30.3 Å². The highest BCUT2D eigenvalue weighted by Gasteiger charge is 2.74. The minimum Gasteiger partial charge on any atom is -0.478 e. The van der Waals surface area contributed by atoms with E-state index in [0.29, 0.717) is 17.9 Å². The second-order valence-electron chi connectivity index (χ2n) is 9.63. The number of piperazine rings is 1. The minimum atomic E-state index is -2.23. The van der Waals surface area contributed by atoms with Gasteiger partial charge in [-0.2, -0.15) is 0 Å². The van der Waals surface area contributed by atoms with Gasteiger partial charge in [0.1, 0.15) is 17.5 Å². The molecular weight excluding hydrogens is 532 g/mol. The van der Waals surface area contributed by atoms with Crippen LogP contribution in [-0.2, 0) is 28.8 Å². The van der Waals surface area contributed by atoms with Gasteiger partial charge in [-0.3, -0.25) is 33.8 Å². The number of aliphatic carboxylic acids is 1. The Hall–Kier alpha value is -4.14. The number of benzene rings is 1. The van der Waals surface area contributed by atoms with E-state index in [4.69, 9.17) is 0 Å². The Morgan fingerprint density at radius 3 is 2.38 bits per heavy atom. The lowest BCUT2D eigenvalue weighted by atomic mass is 9.88. The van der Waals surface area contributed by atoms with E-state index in [0.717, 1.165) is 16.7 Å². The number of fused-ring (bicyclic) bond motifs is 1. The predicted octanol–water partition coefficient (Wildman–Crippen LogP) is -1.17. The molecule has 208 valence electrons. The molecule has 3 aliphatic rings. The molecule has 1 aromatic rings. The highest BCUT2D eigenvalue weighted by molar-refractivity contribution is 8.01.